The van der Waals surface area contributed by atoms with Gasteiger partial charge in [0, 0.05) is 0 Å². The Hall–Kier alpha value is -0.0400. The first-order valence-corrected chi connectivity index (χ1v) is 5.59. The molecule has 0 amide bonds. The Labute approximate surface area is 83.9 Å². The van der Waals surface area contributed by atoms with Gasteiger partial charge in [0.05, 0.1) is 12.2 Å². The molecule has 0 atom stereocenters. The fourth-order valence-corrected chi connectivity index (χ4v) is 1.31. The Morgan fingerprint density at radius 3 is 1.23 bits per heavy atom. The zero-order chi connectivity index (χ0) is 10.4. The lowest BCUT2D eigenvalue weighted by Gasteiger charge is -2.09. The average molecular weight is 186 g/mol. The molecule has 0 saturated heterocycles. The molecular formula is C12H26O. The Morgan fingerprint density at radius 1 is 0.846 bits per heavy atom. The molecule has 0 N–H and O–H groups in total. The van der Waals surface area contributed by atoms with Crippen LogP contribution < -0.4 is 0 Å². The van der Waals surface area contributed by atoms with E-state index < -0.39 is 0 Å². The molecule has 1 rings (SSSR count). The van der Waals surface area contributed by atoms with Crippen LogP contribution in [0.2, 0.25) is 0 Å². The van der Waals surface area contributed by atoms with E-state index >= 15 is 0 Å². The van der Waals surface area contributed by atoms with Gasteiger partial charge in [-0.2, -0.15) is 0 Å². The first-order chi connectivity index (χ1) is 5.93. The summed E-state index contributed by atoms with van der Waals surface area (Å²) in [5.74, 6) is 2.06. The highest BCUT2D eigenvalue weighted by molar-refractivity contribution is 4.75. The second-order valence-electron chi connectivity index (χ2n) is 4.82. The molecule has 1 fully saturated rings. The summed E-state index contributed by atoms with van der Waals surface area (Å²) >= 11 is 0. The van der Waals surface area contributed by atoms with Gasteiger partial charge < -0.3 is 4.74 Å². The lowest BCUT2D eigenvalue weighted by Crippen LogP contribution is -2.09. The smallest absolute Gasteiger partial charge is 0.0522 e. The fraction of sp³-hybridized carbons (Fsp3) is 1.00. The summed E-state index contributed by atoms with van der Waals surface area (Å²) in [4.78, 5) is 0. The van der Waals surface area contributed by atoms with Gasteiger partial charge in [0.2, 0.25) is 0 Å². The quantitative estimate of drug-likeness (QED) is 0.650. The van der Waals surface area contributed by atoms with Crippen LogP contribution in [0.3, 0.4) is 0 Å². The van der Waals surface area contributed by atoms with Gasteiger partial charge in [-0.1, -0.05) is 13.8 Å². The molecule has 1 heteroatoms. The fourth-order valence-electron chi connectivity index (χ4n) is 1.31. The second kappa shape index (κ2) is 6.42. The number of hydrogen-bond acceptors (Lipinski definition) is 1. The highest BCUT2D eigenvalue weighted by Crippen LogP contribution is 2.35. The molecule has 1 saturated carbocycles. The van der Waals surface area contributed by atoms with Crippen LogP contribution in [0.5, 0.6) is 0 Å². The van der Waals surface area contributed by atoms with E-state index in [0.717, 1.165) is 11.8 Å². The largest absolute Gasteiger partial charge is 0.376 e. The first-order valence-electron chi connectivity index (χ1n) is 5.59. The molecule has 0 heterocycles. The minimum Gasteiger partial charge on any atom is -0.376 e. The van der Waals surface area contributed by atoms with Crippen molar-refractivity contribution < 1.29 is 4.74 Å². The molecule has 1 aliphatic rings. The van der Waals surface area contributed by atoms with Crippen molar-refractivity contribution in [1.82, 2.24) is 0 Å². The minimum atomic E-state index is 0.375. The maximum Gasteiger partial charge on any atom is 0.0522 e. The lowest BCUT2D eigenvalue weighted by atomic mass is 10.1. The standard InChI is InChI=1S/C6H14O.C6H12/c1-5(2)7-6(3)4;1-5(2)6-3-4-6/h5-6H,1-4H3;5-6H,3-4H2,1-2H3. The first kappa shape index (κ1) is 13.0. The molecule has 0 aromatic heterocycles. The average Bonchev–Trinajstić information content (AvgIpc) is 2.63. The number of hydrogen-bond donors (Lipinski definition) is 0. The molecule has 0 spiro atoms. The molecule has 1 nitrogen and oxygen atoms in total. The van der Waals surface area contributed by atoms with Gasteiger partial charge >= 0.3 is 0 Å². The highest BCUT2D eigenvalue weighted by Gasteiger charge is 2.23. The van der Waals surface area contributed by atoms with Crippen molar-refractivity contribution in [3.05, 3.63) is 0 Å². The summed E-state index contributed by atoms with van der Waals surface area (Å²) in [6.45, 7) is 12.8. The van der Waals surface area contributed by atoms with Crippen LogP contribution in [0.1, 0.15) is 54.4 Å². The van der Waals surface area contributed by atoms with Crippen LogP contribution >= 0.6 is 0 Å². The van der Waals surface area contributed by atoms with Crippen molar-refractivity contribution in [2.24, 2.45) is 11.8 Å². The van der Waals surface area contributed by atoms with Crippen LogP contribution in [0.4, 0.5) is 0 Å². The van der Waals surface area contributed by atoms with E-state index in [2.05, 4.69) is 13.8 Å². The molecule has 0 aromatic rings. The second-order valence-corrected chi connectivity index (χ2v) is 4.82. The Balaban J connectivity index is 0.000000223. The van der Waals surface area contributed by atoms with Crippen LogP contribution in [0.25, 0.3) is 0 Å². The summed E-state index contributed by atoms with van der Waals surface area (Å²) in [5.41, 5.74) is 0. The molecule has 0 bridgehead atoms. The van der Waals surface area contributed by atoms with Gasteiger partial charge in [-0.3, -0.25) is 0 Å². The normalized spacial score (nSPS) is 16.4. The number of rotatable bonds is 3. The van der Waals surface area contributed by atoms with Gasteiger partial charge in [-0.25, -0.2) is 0 Å². The van der Waals surface area contributed by atoms with E-state index in [9.17, 15) is 0 Å². The Bertz CT molecular complexity index is 106. The highest BCUT2D eigenvalue weighted by atomic mass is 16.5. The van der Waals surface area contributed by atoms with Crippen LogP contribution in [0, 0.1) is 11.8 Å². The van der Waals surface area contributed by atoms with Crippen LogP contribution in [-0.4, -0.2) is 12.2 Å². The summed E-state index contributed by atoms with van der Waals surface area (Å²) in [6, 6.07) is 0. The van der Waals surface area contributed by atoms with Gasteiger partial charge in [-0.05, 0) is 52.4 Å². The van der Waals surface area contributed by atoms with Crippen molar-refractivity contribution in [2.75, 3.05) is 0 Å². The topological polar surface area (TPSA) is 9.23 Å². The predicted octanol–water partition coefficient (Wildman–Crippen LogP) is 3.87. The van der Waals surface area contributed by atoms with Crippen molar-refractivity contribution in [2.45, 2.75) is 66.6 Å². The monoisotopic (exact) mass is 186 g/mol. The molecule has 1 aliphatic carbocycles. The van der Waals surface area contributed by atoms with Crippen molar-refractivity contribution in [3.63, 3.8) is 0 Å². The zero-order valence-corrected chi connectivity index (χ0v) is 10.1. The minimum absolute atomic E-state index is 0.375. The van der Waals surface area contributed by atoms with Crippen LogP contribution in [0.15, 0.2) is 0 Å². The van der Waals surface area contributed by atoms with E-state index in [4.69, 9.17) is 4.74 Å². The van der Waals surface area contributed by atoms with Gasteiger partial charge in [-0.15, -0.1) is 0 Å². The summed E-state index contributed by atoms with van der Waals surface area (Å²) in [5, 5.41) is 0. The van der Waals surface area contributed by atoms with E-state index in [-0.39, 0.29) is 0 Å². The SMILES string of the molecule is CC(C)C1CC1.CC(C)OC(C)C. The third kappa shape index (κ3) is 9.88. The maximum absolute atomic E-state index is 5.25. The van der Waals surface area contributed by atoms with E-state index in [1.165, 1.54) is 12.8 Å². The summed E-state index contributed by atoms with van der Waals surface area (Å²) in [6.07, 6.45) is 3.75. The molecule has 0 aromatic carbocycles. The lowest BCUT2D eigenvalue weighted by molar-refractivity contribution is 0.0300. The Kier molecular flexibility index (Phi) is 6.40. The van der Waals surface area contributed by atoms with Crippen LogP contribution in [-0.2, 0) is 4.74 Å². The van der Waals surface area contributed by atoms with E-state index in [0.29, 0.717) is 12.2 Å². The molecule has 0 radical (unpaired) electrons. The zero-order valence-electron chi connectivity index (χ0n) is 10.1. The van der Waals surface area contributed by atoms with Gasteiger partial charge in [0.1, 0.15) is 0 Å². The Morgan fingerprint density at radius 2 is 1.23 bits per heavy atom. The third-order valence-corrected chi connectivity index (χ3v) is 2.11. The van der Waals surface area contributed by atoms with Gasteiger partial charge in [0.15, 0.2) is 0 Å². The van der Waals surface area contributed by atoms with Crippen molar-refractivity contribution in [3.8, 4) is 0 Å². The van der Waals surface area contributed by atoms with Crippen molar-refractivity contribution in [1.29, 1.82) is 0 Å². The predicted molar refractivity (Wildman–Crippen MR) is 58.9 cm³/mol. The number of ether oxygens (including phenoxy) is 1. The molecule has 0 aliphatic heterocycles. The van der Waals surface area contributed by atoms with Crippen molar-refractivity contribution >= 4 is 0 Å². The molecule has 80 valence electrons. The summed E-state index contributed by atoms with van der Waals surface area (Å²) < 4.78 is 5.25. The van der Waals surface area contributed by atoms with Gasteiger partial charge in [0.25, 0.3) is 0 Å². The van der Waals surface area contributed by atoms with E-state index in [1.54, 1.807) is 0 Å². The molecular weight excluding hydrogens is 160 g/mol. The third-order valence-electron chi connectivity index (χ3n) is 2.11. The summed E-state index contributed by atoms with van der Waals surface area (Å²) in [7, 11) is 0. The van der Waals surface area contributed by atoms with E-state index in [1.807, 2.05) is 27.7 Å². The maximum atomic E-state index is 5.25. The molecule has 13 heavy (non-hydrogen) atoms. The molecule has 0 unspecified atom stereocenters.